The minimum absolute atomic E-state index is 0.0726. The summed E-state index contributed by atoms with van der Waals surface area (Å²) < 4.78 is 32.8. The molecule has 1 aliphatic rings. The average Bonchev–Trinajstić information content (AvgIpc) is 2.62. The Balaban J connectivity index is 1.87. The normalized spacial score (nSPS) is 16.5. The average molecular weight is 452 g/mol. The summed E-state index contributed by atoms with van der Waals surface area (Å²) in [6.07, 6.45) is 5.60. The van der Waals surface area contributed by atoms with Crippen LogP contribution in [0, 0.1) is 18.6 Å². The first-order chi connectivity index (χ1) is 13.3. The Hall–Kier alpha value is -2.81. The maximum atomic E-state index is 13.7. The van der Waals surface area contributed by atoms with Crippen LogP contribution in [0.25, 0.3) is 0 Å². The first-order valence-electron chi connectivity index (χ1n) is 8.23. The molecule has 1 aliphatic heterocycles. The zero-order valence-electron chi connectivity index (χ0n) is 15.0. The Morgan fingerprint density at radius 3 is 2.71 bits per heavy atom. The number of nitrogens with zero attached hydrogens (tertiary/aromatic N) is 3. The summed E-state index contributed by atoms with van der Waals surface area (Å²) in [6.45, 7) is 3.32. The number of aliphatic carboxylic acids is 1. The number of hydrogen-bond donors (Lipinski definition) is 1. The van der Waals surface area contributed by atoms with Gasteiger partial charge in [0.1, 0.15) is 28.5 Å². The van der Waals surface area contributed by atoms with Crippen LogP contribution in [0.3, 0.4) is 0 Å². The van der Waals surface area contributed by atoms with E-state index >= 15 is 0 Å². The number of rotatable bonds is 5. The number of carboxylic acids is 1. The molecule has 1 unspecified atom stereocenters. The van der Waals surface area contributed by atoms with Crippen LogP contribution in [0.2, 0.25) is 0 Å². The van der Waals surface area contributed by atoms with Gasteiger partial charge < -0.3 is 14.7 Å². The van der Waals surface area contributed by atoms with E-state index in [-0.39, 0.29) is 18.1 Å². The van der Waals surface area contributed by atoms with Crippen LogP contribution in [0.1, 0.15) is 18.2 Å². The third-order valence-electron chi connectivity index (χ3n) is 4.14. The van der Waals surface area contributed by atoms with Crippen molar-refractivity contribution in [3.8, 4) is 0 Å². The molecule has 0 spiro atoms. The third-order valence-corrected chi connectivity index (χ3v) is 4.58. The van der Waals surface area contributed by atoms with Gasteiger partial charge in [-0.15, -0.1) is 0 Å². The number of anilines is 1. The highest BCUT2D eigenvalue weighted by molar-refractivity contribution is 9.10. The van der Waals surface area contributed by atoms with Crippen LogP contribution in [0.4, 0.5) is 14.5 Å². The predicted octanol–water partition coefficient (Wildman–Crippen LogP) is 4.10. The number of allylic oxidation sites excluding steroid dienone is 2. The topological polar surface area (TPSA) is 75.6 Å². The molecule has 6 nitrogen and oxygen atoms in total. The fourth-order valence-corrected chi connectivity index (χ4v) is 3.15. The largest absolute Gasteiger partial charge is 0.487 e. The highest BCUT2D eigenvalue weighted by atomic mass is 79.9. The fraction of sp³-hybridized carbons (Fsp3) is 0.211. The number of hydrogen-bond acceptors (Lipinski definition) is 5. The van der Waals surface area contributed by atoms with E-state index in [0.29, 0.717) is 22.1 Å². The van der Waals surface area contributed by atoms with E-state index in [1.165, 1.54) is 6.08 Å². The maximum Gasteiger partial charge on any atom is 0.330 e. The number of ether oxygens (including phenoxy) is 1. The van der Waals surface area contributed by atoms with Crippen molar-refractivity contribution in [2.75, 3.05) is 4.90 Å². The predicted molar refractivity (Wildman–Crippen MR) is 101 cm³/mol. The molecule has 2 aromatic rings. The molecule has 0 aromatic carbocycles. The number of pyridine rings is 2. The van der Waals surface area contributed by atoms with Crippen molar-refractivity contribution in [3.63, 3.8) is 0 Å². The number of carbonyl (C=O) groups is 1. The van der Waals surface area contributed by atoms with E-state index in [1.54, 1.807) is 30.2 Å². The first kappa shape index (κ1) is 19.9. The molecule has 9 heteroatoms. The monoisotopic (exact) mass is 451 g/mol. The van der Waals surface area contributed by atoms with Gasteiger partial charge in [0.25, 0.3) is 0 Å². The van der Waals surface area contributed by atoms with Crippen LogP contribution in [-0.2, 0) is 16.1 Å². The molecule has 0 saturated heterocycles. The molecule has 2 aromatic heterocycles. The van der Waals surface area contributed by atoms with Crippen LogP contribution < -0.4 is 4.90 Å². The molecule has 28 heavy (non-hydrogen) atoms. The second kappa shape index (κ2) is 8.05. The van der Waals surface area contributed by atoms with Crippen LogP contribution >= 0.6 is 15.9 Å². The molecule has 0 fully saturated rings. The molecule has 0 bridgehead atoms. The lowest BCUT2D eigenvalue weighted by Crippen LogP contribution is -2.41. The van der Waals surface area contributed by atoms with Gasteiger partial charge in [-0.2, -0.15) is 0 Å². The molecule has 3 heterocycles. The maximum absolute atomic E-state index is 13.7. The fourth-order valence-electron chi connectivity index (χ4n) is 2.83. The van der Waals surface area contributed by atoms with E-state index in [9.17, 15) is 18.7 Å². The molecule has 0 saturated carbocycles. The summed E-state index contributed by atoms with van der Waals surface area (Å²) in [4.78, 5) is 21.3. The van der Waals surface area contributed by atoms with Gasteiger partial charge in [0.2, 0.25) is 0 Å². The molecule has 0 aliphatic carbocycles. The molecule has 0 radical (unpaired) electrons. The van der Waals surface area contributed by atoms with Crippen molar-refractivity contribution in [2.45, 2.75) is 26.5 Å². The molecule has 1 N–H and O–H groups in total. The van der Waals surface area contributed by atoms with Crippen molar-refractivity contribution < 1.29 is 23.4 Å². The van der Waals surface area contributed by atoms with Crippen molar-refractivity contribution >= 4 is 27.6 Å². The number of aromatic nitrogens is 2. The van der Waals surface area contributed by atoms with Crippen molar-refractivity contribution in [2.24, 2.45) is 0 Å². The van der Waals surface area contributed by atoms with Crippen molar-refractivity contribution in [1.82, 2.24) is 9.97 Å². The van der Waals surface area contributed by atoms with Crippen molar-refractivity contribution in [1.29, 1.82) is 0 Å². The number of carboxylic acid groups (broad SMARTS) is 1. The second-order valence-electron chi connectivity index (χ2n) is 6.17. The van der Waals surface area contributed by atoms with Crippen LogP contribution in [0.5, 0.6) is 0 Å². The molecule has 146 valence electrons. The quantitative estimate of drug-likeness (QED) is 0.689. The zero-order valence-corrected chi connectivity index (χ0v) is 16.6. The zero-order chi connectivity index (χ0) is 20.4. The minimum atomic E-state index is -1.08. The van der Waals surface area contributed by atoms with E-state index < -0.39 is 23.6 Å². The highest BCUT2D eigenvalue weighted by Crippen LogP contribution is 2.32. The summed E-state index contributed by atoms with van der Waals surface area (Å²) in [6, 6.07) is 1.42. The summed E-state index contributed by atoms with van der Waals surface area (Å²) in [7, 11) is 0. The molecule has 0 amide bonds. The van der Waals surface area contributed by atoms with Gasteiger partial charge in [0, 0.05) is 23.6 Å². The van der Waals surface area contributed by atoms with Gasteiger partial charge in [-0.05, 0) is 53.6 Å². The Labute approximate surface area is 168 Å². The summed E-state index contributed by atoms with van der Waals surface area (Å²) in [5.41, 5.74) is 2.04. The van der Waals surface area contributed by atoms with Gasteiger partial charge in [0.05, 0.1) is 6.20 Å². The van der Waals surface area contributed by atoms with Gasteiger partial charge in [0.15, 0.2) is 11.9 Å². The van der Waals surface area contributed by atoms with E-state index in [1.807, 2.05) is 6.92 Å². The Morgan fingerprint density at radius 1 is 1.29 bits per heavy atom. The Kier molecular flexibility index (Phi) is 5.73. The van der Waals surface area contributed by atoms with Gasteiger partial charge >= 0.3 is 5.97 Å². The van der Waals surface area contributed by atoms with Gasteiger partial charge in [-0.1, -0.05) is 0 Å². The Morgan fingerprint density at radius 2 is 2.04 bits per heavy atom. The summed E-state index contributed by atoms with van der Waals surface area (Å²) in [5.74, 6) is -2.43. The SMILES string of the molecule is CC1=CC(OCc2ncc(F)cc2F)=CC(C(=O)O)N1c1cc(Br)ncc1C. The second-order valence-corrected chi connectivity index (χ2v) is 6.98. The summed E-state index contributed by atoms with van der Waals surface area (Å²) >= 11 is 3.30. The van der Waals surface area contributed by atoms with Crippen molar-refractivity contribution in [3.05, 3.63) is 75.6 Å². The minimum Gasteiger partial charge on any atom is -0.487 e. The molecule has 1 atom stereocenters. The lowest BCUT2D eigenvalue weighted by molar-refractivity contribution is -0.137. The van der Waals surface area contributed by atoms with E-state index in [4.69, 9.17) is 4.74 Å². The molecular weight excluding hydrogens is 436 g/mol. The van der Waals surface area contributed by atoms with E-state index in [0.717, 1.165) is 11.8 Å². The van der Waals surface area contributed by atoms with Gasteiger partial charge in [-0.25, -0.2) is 18.6 Å². The van der Waals surface area contributed by atoms with Crippen LogP contribution in [-0.4, -0.2) is 27.1 Å². The smallest absolute Gasteiger partial charge is 0.330 e. The first-order valence-corrected chi connectivity index (χ1v) is 9.02. The Bertz CT molecular complexity index is 994. The highest BCUT2D eigenvalue weighted by Gasteiger charge is 2.30. The third kappa shape index (κ3) is 4.19. The lowest BCUT2D eigenvalue weighted by atomic mass is 10.1. The molecule has 3 rings (SSSR count). The van der Waals surface area contributed by atoms with Gasteiger partial charge in [-0.3, -0.25) is 4.98 Å². The lowest BCUT2D eigenvalue weighted by Gasteiger charge is -2.34. The number of aryl methyl sites for hydroxylation is 1. The standard InChI is InChI=1S/C19H16BrF2N3O3/c1-10-7-24-18(20)6-16(10)25-11(2)3-13(5-17(25)19(26)27)28-9-15-14(22)4-12(21)8-23-15/h3-8,17H,9H2,1-2H3,(H,26,27). The van der Waals surface area contributed by atoms with E-state index in [2.05, 4.69) is 25.9 Å². The molecular formula is C19H16BrF2N3O3. The number of halogens is 3. The van der Waals surface area contributed by atoms with Crippen LogP contribution in [0.15, 0.2) is 52.7 Å². The summed E-state index contributed by atoms with van der Waals surface area (Å²) in [5, 5.41) is 9.72.